The number of hydrogen-bond donors (Lipinski definition) is 2. The van der Waals surface area contributed by atoms with Gasteiger partial charge in [-0.15, -0.1) is 0 Å². The van der Waals surface area contributed by atoms with Gasteiger partial charge in [-0.05, 0) is 43.7 Å². The van der Waals surface area contributed by atoms with Crippen molar-refractivity contribution in [3.63, 3.8) is 0 Å². The van der Waals surface area contributed by atoms with E-state index in [1.54, 1.807) is 57.3 Å². The highest BCUT2D eigenvalue weighted by molar-refractivity contribution is 7.89. The van der Waals surface area contributed by atoms with Gasteiger partial charge >= 0.3 is 0 Å². The van der Waals surface area contributed by atoms with E-state index in [1.165, 1.54) is 22.0 Å². The van der Waals surface area contributed by atoms with E-state index >= 15 is 0 Å². The fraction of sp³-hybridized carbons (Fsp3) is 0.250. The summed E-state index contributed by atoms with van der Waals surface area (Å²) in [4.78, 5) is 31.2. The second kappa shape index (κ2) is 8.25. The van der Waals surface area contributed by atoms with E-state index in [-0.39, 0.29) is 22.7 Å². The number of nitrogens with one attached hydrogen (secondary N) is 1. The molecule has 2 unspecified atom stereocenters. The van der Waals surface area contributed by atoms with Crippen LogP contribution in [0.1, 0.15) is 25.5 Å². The Balaban J connectivity index is 1.81. The maximum atomic E-state index is 13.0. The molecule has 0 bridgehead atoms. The van der Waals surface area contributed by atoms with Gasteiger partial charge < -0.3 is 4.90 Å². The molecule has 2 amide bonds. The maximum absolute atomic E-state index is 13.0. The number of sulfonamides is 1. The van der Waals surface area contributed by atoms with Crippen molar-refractivity contribution in [3.8, 4) is 0 Å². The lowest BCUT2D eigenvalue weighted by Crippen LogP contribution is -2.58. The van der Waals surface area contributed by atoms with Gasteiger partial charge in [-0.3, -0.25) is 15.0 Å². The van der Waals surface area contributed by atoms with Gasteiger partial charge in [0.15, 0.2) is 0 Å². The number of rotatable bonds is 5. The van der Waals surface area contributed by atoms with E-state index in [9.17, 15) is 18.0 Å². The summed E-state index contributed by atoms with van der Waals surface area (Å²) in [5.41, 5.74) is 4.13. The second-order valence-corrected chi connectivity index (χ2v) is 8.54. The van der Waals surface area contributed by atoms with Crippen LogP contribution in [0.15, 0.2) is 64.5 Å². The minimum absolute atomic E-state index is 0.00316. The number of amides is 2. The van der Waals surface area contributed by atoms with Gasteiger partial charge in [0.1, 0.15) is 6.04 Å². The summed E-state index contributed by atoms with van der Waals surface area (Å²) in [5, 5.41) is 6.44. The molecule has 9 nitrogen and oxygen atoms in total. The first-order chi connectivity index (χ1) is 14.1. The van der Waals surface area contributed by atoms with Gasteiger partial charge in [-0.25, -0.2) is 23.6 Å². The number of nitrogens with two attached hydrogens (primary N) is 1. The maximum Gasteiger partial charge on any atom is 0.290 e. The molecular formula is C20H23N5O4S. The lowest BCUT2D eigenvalue weighted by Gasteiger charge is -2.33. The molecule has 0 saturated heterocycles. The Labute approximate surface area is 175 Å². The zero-order chi connectivity index (χ0) is 22.1. The summed E-state index contributed by atoms with van der Waals surface area (Å²) in [5.74, 6) is -0.633. The van der Waals surface area contributed by atoms with Crippen LogP contribution < -0.4 is 15.6 Å². The number of primary sulfonamides is 1. The van der Waals surface area contributed by atoms with Crippen LogP contribution in [0.25, 0.3) is 0 Å². The molecule has 2 atom stereocenters. The molecule has 0 aromatic heterocycles. The van der Waals surface area contributed by atoms with Crippen molar-refractivity contribution < 1.29 is 18.0 Å². The van der Waals surface area contributed by atoms with Crippen LogP contribution in [-0.4, -0.2) is 44.1 Å². The van der Waals surface area contributed by atoms with E-state index in [0.29, 0.717) is 5.69 Å². The number of aliphatic imine (C=N–C) groups is 1. The normalized spacial score (nSPS) is 17.7. The Kier molecular flexibility index (Phi) is 5.90. The molecule has 30 heavy (non-hydrogen) atoms. The van der Waals surface area contributed by atoms with E-state index in [4.69, 9.17) is 5.14 Å². The van der Waals surface area contributed by atoms with Gasteiger partial charge in [0, 0.05) is 7.05 Å². The second-order valence-electron chi connectivity index (χ2n) is 6.98. The topological polar surface area (TPSA) is 125 Å². The van der Waals surface area contributed by atoms with Crippen LogP contribution in [0.3, 0.4) is 0 Å². The Bertz CT molecular complexity index is 1080. The number of carbonyl (C=O) groups excluding carboxylic acids is 2. The van der Waals surface area contributed by atoms with Gasteiger partial charge in [0.25, 0.3) is 11.8 Å². The number of nitrogens with zero attached hydrogens (tertiary/aromatic N) is 3. The summed E-state index contributed by atoms with van der Waals surface area (Å²) < 4.78 is 22.8. The van der Waals surface area contributed by atoms with Gasteiger partial charge in [-0.1, -0.05) is 30.3 Å². The number of anilines is 1. The van der Waals surface area contributed by atoms with Crippen LogP contribution >= 0.6 is 0 Å². The molecule has 0 saturated carbocycles. The largest absolute Gasteiger partial charge is 0.332 e. The fourth-order valence-corrected chi connectivity index (χ4v) is 3.52. The summed E-state index contributed by atoms with van der Waals surface area (Å²) in [6, 6.07) is 13.8. The zero-order valence-corrected chi connectivity index (χ0v) is 17.6. The highest BCUT2D eigenvalue weighted by Crippen LogP contribution is 2.22. The molecule has 0 spiro atoms. The van der Waals surface area contributed by atoms with Crippen LogP contribution in [0.5, 0.6) is 0 Å². The highest BCUT2D eigenvalue weighted by Gasteiger charge is 2.33. The smallest absolute Gasteiger partial charge is 0.290 e. The average molecular weight is 430 g/mol. The SMILES string of the molecule is CC1N=C(C(=O)N(C)C(C)c2ccc(S(N)(=O)=O)cc2)NN(c2ccccc2)C1=O. The summed E-state index contributed by atoms with van der Waals surface area (Å²) in [6.45, 7) is 3.43. The van der Waals surface area contributed by atoms with E-state index in [1.807, 2.05) is 6.07 Å². The molecule has 1 aliphatic heterocycles. The van der Waals surface area contributed by atoms with Gasteiger partial charge in [-0.2, -0.15) is 0 Å². The zero-order valence-electron chi connectivity index (χ0n) is 16.8. The fourth-order valence-electron chi connectivity index (χ4n) is 3.00. The van der Waals surface area contributed by atoms with Crippen LogP contribution in [0, 0.1) is 0 Å². The third-order valence-electron chi connectivity index (χ3n) is 4.93. The molecule has 1 aliphatic rings. The molecule has 0 radical (unpaired) electrons. The van der Waals surface area contributed by atoms with Crippen molar-refractivity contribution in [2.75, 3.05) is 12.1 Å². The lowest BCUT2D eigenvalue weighted by atomic mass is 10.1. The van der Waals surface area contributed by atoms with Crippen molar-refractivity contribution in [1.82, 2.24) is 10.3 Å². The summed E-state index contributed by atoms with van der Waals surface area (Å²) >= 11 is 0. The molecule has 2 aromatic rings. The lowest BCUT2D eigenvalue weighted by molar-refractivity contribution is -0.125. The minimum atomic E-state index is -3.79. The van der Waals surface area contributed by atoms with Crippen LogP contribution in [0.4, 0.5) is 5.69 Å². The van der Waals surface area contributed by atoms with Gasteiger partial charge in [0.05, 0.1) is 16.6 Å². The van der Waals surface area contributed by atoms with Crippen molar-refractivity contribution in [2.45, 2.75) is 30.8 Å². The monoisotopic (exact) mass is 429 g/mol. The van der Waals surface area contributed by atoms with Gasteiger partial charge in [0.2, 0.25) is 15.9 Å². The number of carbonyl (C=O) groups is 2. The predicted molar refractivity (Wildman–Crippen MR) is 113 cm³/mol. The molecule has 3 N–H and O–H groups in total. The molecule has 0 aliphatic carbocycles. The Morgan fingerprint density at radius 1 is 1.17 bits per heavy atom. The standard InChI is InChI=1S/C20H23N5O4S/c1-13-19(26)25(16-7-5-4-6-8-16)23-18(22-13)20(27)24(3)14(2)15-9-11-17(12-10-15)30(21,28)29/h4-14H,1-3H3,(H,22,23)(H2,21,28,29). The number of para-hydroxylation sites is 1. The number of hydrazine groups is 1. The first-order valence-corrected chi connectivity index (χ1v) is 10.8. The first kappa shape index (κ1) is 21.5. The summed E-state index contributed by atoms with van der Waals surface area (Å²) in [7, 11) is -2.18. The number of likely N-dealkylation sites (N-methyl/N-ethyl adjacent to an activating group) is 1. The van der Waals surface area contributed by atoms with Crippen LogP contribution in [0.2, 0.25) is 0 Å². The van der Waals surface area contributed by atoms with Crippen molar-refractivity contribution >= 4 is 33.4 Å². The Hall–Kier alpha value is -3.24. The van der Waals surface area contributed by atoms with E-state index < -0.39 is 22.0 Å². The van der Waals surface area contributed by atoms with Crippen molar-refractivity contribution in [2.24, 2.45) is 10.1 Å². The molecule has 158 valence electrons. The molecule has 0 fully saturated rings. The first-order valence-electron chi connectivity index (χ1n) is 9.23. The van der Waals surface area contributed by atoms with Crippen molar-refractivity contribution in [1.29, 1.82) is 0 Å². The molecule has 2 aromatic carbocycles. The predicted octanol–water partition coefficient (Wildman–Crippen LogP) is 1.19. The number of benzene rings is 2. The molecular weight excluding hydrogens is 406 g/mol. The summed E-state index contributed by atoms with van der Waals surface area (Å²) in [6.07, 6.45) is 0. The third-order valence-corrected chi connectivity index (χ3v) is 5.86. The van der Waals surface area contributed by atoms with E-state index in [0.717, 1.165) is 5.56 Å². The average Bonchev–Trinajstić information content (AvgIpc) is 2.74. The van der Waals surface area contributed by atoms with E-state index in [2.05, 4.69) is 10.4 Å². The Morgan fingerprint density at radius 3 is 2.33 bits per heavy atom. The minimum Gasteiger partial charge on any atom is -0.332 e. The quantitative estimate of drug-likeness (QED) is 0.739. The Morgan fingerprint density at radius 2 is 1.77 bits per heavy atom. The third kappa shape index (κ3) is 4.34. The van der Waals surface area contributed by atoms with Crippen molar-refractivity contribution in [3.05, 3.63) is 60.2 Å². The highest BCUT2D eigenvalue weighted by atomic mass is 32.2. The molecule has 10 heteroatoms. The number of hydrogen-bond acceptors (Lipinski definition) is 6. The number of amidine groups is 1. The molecule has 1 heterocycles. The van der Waals surface area contributed by atoms with Crippen LogP contribution in [-0.2, 0) is 19.6 Å². The molecule has 3 rings (SSSR count).